The molecule has 0 atom stereocenters. The van der Waals surface area contributed by atoms with Gasteiger partial charge in [-0.2, -0.15) is 5.26 Å². The zero-order valence-corrected chi connectivity index (χ0v) is 28.0. The zero-order chi connectivity index (χ0) is 34.9. The van der Waals surface area contributed by atoms with E-state index in [0.717, 1.165) is 61.4 Å². The maximum absolute atomic E-state index is 9.43. The Morgan fingerprint density at radius 2 is 0.885 bits per heavy atom. The first-order valence-electron chi connectivity index (χ1n) is 17.2. The Morgan fingerprint density at radius 1 is 0.423 bits per heavy atom. The average Bonchev–Trinajstić information content (AvgIpc) is 3.24. The fourth-order valence-electron chi connectivity index (χ4n) is 7.05. The van der Waals surface area contributed by atoms with E-state index in [1.165, 1.54) is 0 Å². The quantitative estimate of drug-likeness (QED) is 0.177. The molecule has 9 rings (SSSR count). The summed E-state index contributed by atoms with van der Waals surface area (Å²) in [6.45, 7) is 0. The summed E-state index contributed by atoms with van der Waals surface area (Å²) in [5.41, 5.74) is 9.66. The first kappa shape index (κ1) is 30.9. The van der Waals surface area contributed by atoms with Crippen LogP contribution in [0.1, 0.15) is 22.3 Å². The highest BCUT2D eigenvalue weighted by molar-refractivity contribution is 5.82. The predicted molar refractivity (Wildman–Crippen MR) is 205 cm³/mol. The summed E-state index contributed by atoms with van der Waals surface area (Å²) < 4.78 is 7.29. The second-order valence-corrected chi connectivity index (χ2v) is 12.7. The van der Waals surface area contributed by atoms with Crippen LogP contribution in [0.25, 0.3) is 56.4 Å². The second-order valence-electron chi connectivity index (χ2n) is 12.7. The summed E-state index contributed by atoms with van der Waals surface area (Å²) >= 11 is 0. The van der Waals surface area contributed by atoms with Crippen molar-refractivity contribution in [2.75, 3.05) is 0 Å². The summed E-state index contributed by atoms with van der Waals surface area (Å²) in [5.74, 6) is 2.32. The Kier molecular flexibility index (Phi) is 7.68. The molecule has 244 valence electrons. The van der Waals surface area contributed by atoms with Crippen LogP contribution in [-0.4, -0.2) is 15.0 Å². The van der Waals surface area contributed by atoms with Crippen LogP contribution in [0, 0.1) is 11.3 Å². The molecule has 1 aromatic heterocycles. The minimum Gasteiger partial charge on any atom is -0.472 e. The van der Waals surface area contributed by atoms with Gasteiger partial charge in [0.1, 0.15) is 5.75 Å². The van der Waals surface area contributed by atoms with E-state index >= 15 is 0 Å². The van der Waals surface area contributed by atoms with Crippen molar-refractivity contribution in [2.45, 2.75) is 5.60 Å². The lowest BCUT2D eigenvalue weighted by Gasteiger charge is -2.41. The lowest BCUT2D eigenvalue weighted by molar-refractivity contribution is 0.152. The van der Waals surface area contributed by atoms with E-state index in [4.69, 9.17) is 19.7 Å². The molecule has 8 aromatic rings. The van der Waals surface area contributed by atoms with Crippen LogP contribution in [0.5, 0.6) is 5.75 Å². The van der Waals surface area contributed by atoms with Gasteiger partial charge in [-0.25, -0.2) is 15.0 Å². The Labute approximate surface area is 302 Å². The summed E-state index contributed by atoms with van der Waals surface area (Å²) in [6, 6.07) is 63.6. The van der Waals surface area contributed by atoms with Gasteiger partial charge < -0.3 is 4.74 Å². The molecule has 0 spiro atoms. The standard InChI is InChI=1S/C47H30N4O/c48-31-32-20-22-35(23-21-32)44-49-45(36-26-24-34(25-27-36)33-12-4-1-5-13-33)51-46(50-44)37-28-29-41-40-18-10-11-19-42(40)47(52-43(41)30-37,38-14-6-2-7-15-38)39-16-8-3-9-17-39/h1-30H. The fourth-order valence-corrected chi connectivity index (χ4v) is 7.05. The molecule has 0 bridgehead atoms. The van der Waals surface area contributed by atoms with Gasteiger partial charge in [0.2, 0.25) is 0 Å². The largest absolute Gasteiger partial charge is 0.472 e. The summed E-state index contributed by atoms with van der Waals surface area (Å²) in [7, 11) is 0. The zero-order valence-electron chi connectivity index (χ0n) is 28.0. The van der Waals surface area contributed by atoms with Gasteiger partial charge in [-0.05, 0) is 53.1 Å². The number of aromatic nitrogens is 3. The van der Waals surface area contributed by atoms with Gasteiger partial charge in [-0.15, -0.1) is 0 Å². The van der Waals surface area contributed by atoms with Gasteiger partial charge in [0, 0.05) is 38.9 Å². The van der Waals surface area contributed by atoms with Crippen molar-refractivity contribution in [1.82, 2.24) is 15.0 Å². The Morgan fingerprint density at radius 3 is 1.48 bits per heavy atom. The molecule has 0 saturated heterocycles. The number of hydrogen-bond acceptors (Lipinski definition) is 5. The number of nitrogens with zero attached hydrogens (tertiary/aromatic N) is 4. The van der Waals surface area contributed by atoms with Crippen LogP contribution < -0.4 is 4.74 Å². The molecule has 5 nitrogen and oxygen atoms in total. The minimum atomic E-state index is -0.886. The second kappa shape index (κ2) is 12.9. The number of fused-ring (bicyclic) bond motifs is 3. The third-order valence-corrected chi connectivity index (χ3v) is 9.62. The number of nitriles is 1. The molecule has 5 heteroatoms. The molecular formula is C47H30N4O. The number of benzene rings is 7. The molecule has 0 saturated carbocycles. The van der Waals surface area contributed by atoms with E-state index in [-0.39, 0.29) is 0 Å². The van der Waals surface area contributed by atoms with Crippen molar-refractivity contribution < 1.29 is 4.74 Å². The molecule has 1 aliphatic rings. The Bertz CT molecular complexity index is 2540. The SMILES string of the molecule is N#Cc1ccc(-c2nc(-c3ccc(-c4ccccc4)cc3)nc(-c3ccc4c(c3)OC(c3ccccc3)(c3ccccc3)c3ccccc3-4)n2)cc1. The monoisotopic (exact) mass is 666 g/mol. The van der Waals surface area contributed by atoms with E-state index in [1.54, 1.807) is 12.1 Å². The molecule has 52 heavy (non-hydrogen) atoms. The van der Waals surface area contributed by atoms with Crippen LogP contribution >= 0.6 is 0 Å². The highest BCUT2D eigenvalue weighted by Gasteiger charge is 2.44. The molecule has 0 amide bonds. The molecule has 2 heterocycles. The van der Waals surface area contributed by atoms with Crippen LogP contribution in [0.15, 0.2) is 182 Å². The normalized spacial score (nSPS) is 12.5. The lowest BCUT2D eigenvalue weighted by atomic mass is 9.75. The van der Waals surface area contributed by atoms with Crippen LogP contribution in [0.3, 0.4) is 0 Å². The minimum absolute atomic E-state index is 0.517. The molecule has 7 aromatic carbocycles. The summed E-state index contributed by atoms with van der Waals surface area (Å²) in [6.07, 6.45) is 0. The highest BCUT2D eigenvalue weighted by Crippen LogP contribution is 2.52. The molecule has 0 aliphatic carbocycles. The maximum Gasteiger partial charge on any atom is 0.185 e. The average molecular weight is 667 g/mol. The third-order valence-electron chi connectivity index (χ3n) is 9.62. The van der Waals surface area contributed by atoms with Crippen molar-refractivity contribution in [3.63, 3.8) is 0 Å². The van der Waals surface area contributed by atoms with Crippen molar-refractivity contribution in [3.8, 4) is 68.2 Å². The molecule has 1 aliphatic heterocycles. The molecule has 0 fully saturated rings. The molecular weight excluding hydrogens is 637 g/mol. The van der Waals surface area contributed by atoms with E-state index in [1.807, 2.05) is 60.7 Å². The molecule has 0 N–H and O–H groups in total. The maximum atomic E-state index is 9.43. The molecule has 0 unspecified atom stereocenters. The van der Waals surface area contributed by atoms with Gasteiger partial charge in [0.25, 0.3) is 0 Å². The highest BCUT2D eigenvalue weighted by atomic mass is 16.5. The fraction of sp³-hybridized carbons (Fsp3) is 0.0213. The van der Waals surface area contributed by atoms with E-state index in [0.29, 0.717) is 23.0 Å². The van der Waals surface area contributed by atoms with Crippen molar-refractivity contribution >= 4 is 0 Å². The topological polar surface area (TPSA) is 71.7 Å². The van der Waals surface area contributed by atoms with E-state index in [9.17, 15) is 5.26 Å². The van der Waals surface area contributed by atoms with Crippen molar-refractivity contribution in [3.05, 3.63) is 204 Å². The smallest absolute Gasteiger partial charge is 0.185 e. The van der Waals surface area contributed by atoms with Crippen LogP contribution in [0.4, 0.5) is 0 Å². The van der Waals surface area contributed by atoms with Crippen molar-refractivity contribution in [1.29, 1.82) is 5.26 Å². The van der Waals surface area contributed by atoms with Gasteiger partial charge >= 0.3 is 0 Å². The van der Waals surface area contributed by atoms with Crippen LogP contribution in [0.2, 0.25) is 0 Å². The summed E-state index contributed by atoms with van der Waals surface area (Å²) in [5, 5.41) is 9.43. The Hall–Kier alpha value is -7.16. The first-order chi connectivity index (χ1) is 25.7. The van der Waals surface area contributed by atoms with E-state index < -0.39 is 5.60 Å². The number of rotatable bonds is 6. The van der Waals surface area contributed by atoms with Gasteiger partial charge in [0.15, 0.2) is 23.1 Å². The number of ether oxygens (including phenoxy) is 1. The lowest BCUT2D eigenvalue weighted by Crippen LogP contribution is -2.38. The van der Waals surface area contributed by atoms with Gasteiger partial charge in [-0.3, -0.25) is 0 Å². The van der Waals surface area contributed by atoms with E-state index in [2.05, 4.69) is 115 Å². The van der Waals surface area contributed by atoms with Crippen LogP contribution in [-0.2, 0) is 5.60 Å². The third kappa shape index (κ3) is 5.40. The first-order valence-corrected chi connectivity index (χ1v) is 17.2. The Balaban J connectivity index is 1.21. The number of hydrogen-bond donors (Lipinski definition) is 0. The van der Waals surface area contributed by atoms with Gasteiger partial charge in [0.05, 0.1) is 11.6 Å². The van der Waals surface area contributed by atoms with Gasteiger partial charge in [-0.1, -0.05) is 146 Å². The molecule has 0 radical (unpaired) electrons. The summed E-state index contributed by atoms with van der Waals surface area (Å²) in [4.78, 5) is 15.0. The van der Waals surface area contributed by atoms with Crippen molar-refractivity contribution in [2.24, 2.45) is 0 Å². The predicted octanol–water partition coefficient (Wildman–Crippen LogP) is 10.8.